The zero-order valence-corrected chi connectivity index (χ0v) is 11.6. The highest BCUT2D eigenvalue weighted by Gasteiger charge is 2.27. The molecular formula is C13H20N2O2S. The highest BCUT2D eigenvalue weighted by atomic mass is 32.2. The molecule has 18 heavy (non-hydrogen) atoms. The van der Waals surface area contributed by atoms with E-state index in [1.807, 2.05) is 19.9 Å². The van der Waals surface area contributed by atoms with Gasteiger partial charge in [0.1, 0.15) is 0 Å². The molecule has 100 valence electrons. The summed E-state index contributed by atoms with van der Waals surface area (Å²) in [5, 5.41) is 0. The molecule has 3 N–H and O–H groups in total. The summed E-state index contributed by atoms with van der Waals surface area (Å²) >= 11 is 0. The molecule has 0 saturated heterocycles. The summed E-state index contributed by atoms with van der Waals surface area (Å²) in [5.74, 6) is 0.390. The van der Waals surface area contributed by atoms with Crippen LogP contribution in [0.15, 0.2) is 23.1 Å². The smallest absolute Gasteiger partial charge is 0.240 e. The molecule has 0 heterocycles. The van der Waals surface area contributed by atoms with Gasteiger partial charge in [0.05, 0.1) is 4.90 Å². The van der Waals surface area contributed by atoms with Crippen LogP contribution in [-0.2, 0) is 10.0 Å². The average Bonchev–Trinajstić information content (AvgIpc) is 2.26. The fraction of sp³-hybridized carbons (Fsp3) is 0.538. The van der Waals surface area contributed by atoms with E-state index >= 15 is 0 Å². The van der Waals surface area contributed by atoms with Crippen molar-refractivity contribution in [2.45, 2.75) is 37.6 Å². The first kappa shape index (κ1) is 13.5. The molecular weight excluding hydrogens is 248 g/mol. The van der Waals surface area contributed by atoms with Gasteiger partial charge in [-0.25, -0.2) is 13.1 Å². The maximum Gasteiger partial charge on any atom is 0.240 e. The highest BCUT2D eigenvalue weighted by molar-refractivity contribution is 7.89. The minimum absolute atomic E-state index is 0.251. The number of benzene rings is 1. The van der Waals surface area contributed by atoms with Gasteiger partial charge in [-0.2, -0.15) is 0 Å². The van der Waals surface area contributed by atoms with Crippen molar-refractivity contribution in [3.05, 3.63) is 29.3 Å². The first-order valence-corrected chi connectivity index (χ1v) is 7.69. The van der Waals surface area contributed by atoms with E-state index in [1.165, 1.54) is 0 Å². The predicted octanol–water partition coefficient (Wildman–Crippen LogP) is 1.32. The van der Waals surface area contributed by atoms with E-state index in [2.05, 4.69) is 4.72 Å². The molecule has 5 heteroatoms. The molecule has 4 nitrogen and oxygen atoms in total. The van der Waals surface area contributed by atoms with Gasteiger partial charge in [-0.1, -0.05) is 6.07 Å². The maximum absolute atomic E-state index is 12.1. The summed E-state index contributed by atoms with van der Waals surface area (Å²) in [5.41, 5.74) is 7.76. The van der Waals surface area contributed by atoms with E-state index in [-0.39, 0.29) is 6.04 Å². The standard InChI is InChI=1S/C13H20N2O2S/c1-9-3-4-13(5-10(9)2)18(16,17)15-8-11-6-12(14)7-11/h3-5,11-12,15H,6-8,14H2,1-2H3. The first-order valence-electron chi connectivity index (χ1n) is 6.21. The summed E-state index contributed by atoms with van der Waals surface area (Å²) in [4.78, 5) is 0.342. The minimum Gasteiger partial charge on any atom is -0.328 e. The van der Waals surface area contributed by atoms with Crippen LogP contribution >= 0.6 is 0 Å². The van der Waals surface area contributed by atoms with Crippen molar-refractivity contribution in [3.63, 3.8) is 0 Å². The molecule has 1 aromatic rings. The van der Waals surface area contributed by atoms with E-state index in [1.54, 1.807) is 12.1 Å². The zero-order chi connectivity index (χ0) is 13.3. The lowest BCUT2D eigenvalue weighted by Gasteiger charge is -2.32. The van der Waals surface area contributed by atoms with Gasteiger partial charge in [0.25, 0.3) is 0 Å². The molecule has 2 rings (SSSR count). The third-order valence-electron chi connectivity index (χ3n) is 3.62. The van der Waals surface area contributed by atoms with Crippen molar-refractivity contribution >= 4 is 10.0 Å². The van der Waals surface area contributed by atoms with Gasteiger partial charge in [0, 0.05) is 12.6 Å². The molecule has 0 unspecified atom stereocenters. The van der Waals surface area contributed by atoms with Crippen molar-refractivity contribution < 1.29 is 8.42 Å². The van der Waals surface area contributed by atoms with Crippen LogP contribution in [0.1, 0.15) is 24.0 Å². The Balaban J connectivity index is 2.03. The van der Waals surface area contributed by atoms with E-state index in [0.717, 1.165) is 24.0 Å². The number of hydrogen-bond acceptors (Lipinski definition) is 3. The summed E-state index contributed by atoms with van der Waals surface area (Å²) in [6, 6.07) is 5.45. The molecule has 0 atom stereocenters. The fourth-order valence-corrected chi connectivity index (χ4v) is 3.35. The lowest BCUT2D eigenvalue weighted by molar-refractivity contribution is 0.267. The second-order valence-corrected chi connectivity index (χ2v) is 6.96. The molecule has 1 saturated carbocycles. The van der Waals surface area contributed by atoms with Crippen LogP contribution in [0.3, 0.4) is 0 Å². The molecule has 1 aliphatic rings. The molecule has 0 radical (unpaired) electrons. The van der Waals surface area contributed by atoms with E-state index in [9.17, 15) is 8.42 Å². The van der Waals surface area contributed by atoms with Gasteiger partial charge >= 0.3 is 0 Å². The Kier molecular flexibility index (Phi) is 3.75. The molecule has 0 aromatic heterocycles. The van der Waals surface area contributed by atoms with Crippen LogP contribution < -0.4 is 10.5 Å². The monoisotopic (exact) mass is 268 g/mol. The van der Waals surface area contributed by atoms with Gasteiger partial charge in [0.2, 0.25) is 10.0 Å². The Morgan fingerprint density at radius 1 is 1.28 bits per heavy atom. The molecule has 0 spiro atoms. The SMILES string of the molecule is Cc1ccc(S(=O)(=O)NCC2CC(N)C2)cc1C. The number of nitrogens with two attached hydrogens (primary N) is 1. The van der Waals surface area contributed by atoms with Crippen molar-refractivity contribution in [1.29, 1.82) is 0 Å². The number of sulfonamides is 1. The van der Waals surface area contributed by atoms with Crippen LogP contribution in [0, 0.1) is 19.8 Å². The van der Waals surface area contributed by atoms with Gasteiger partial charge in [0.15, 0.2) is 0 Å². The second kappa shape index (κ2) is 4.99. The van der Waals surface area contributed by atoms with Gasteiger partial charge in [-0.15, -0.1) is 0 Å². The number of nitrogens with one attached hydrogen (secondary N) is 1. The van der Waals surface area contributed by atoms with Gasteiger partial charge < -0.3 is 5.73 Å². The minimum atomic E-state index is -3.38. The highest BCUT2D eigenvalue weighted by Crippen LogP contribution is 2.25. The number of rotatable bonds is 4. The Bertz CT molecular complexity index is 534. The third-order valence-corrected chi connectivity index (χ3v) is 5.04. The second-order valence-electron chi connectivity index (χ2n) is 5.20. The number of aryl methyl sites for hydroxylation is 2. The Morgan fingerprint density at radius 3 is 2.50 bits per heavy atom. The van der Waals surface area contributed by atoms with Crippen molar-refractivity contribution in [3.8, 4) is 0 Å². The lowest BCUT2D eigenvalue weighted by atomic mass is 9.81. The largest absolute Gasteiger partial charge is 0.328 e. The predicted molar refractivity (Wildman–Crippen MR) is 71.8 cm³/mol. The number of hydrogen-bond donors (Lipinski definition) is 2. The van der Waals surface area contributed by atoms with Gasteiger partial charge in [-0.05, 0) is 55.9 Å². The van der Waals surface area contributed by atoms with E-state index in [0.29, 0.717) is 17.4 Å². The van der Waals surface area contributed by atoms with Crippen LogP contribution in [0.4, 0.5) is 0 Å². The molecule has 0 amide bonds. The topological polar surface area (TPSA) is 72.2 Å². The Labute approximate surface area is 109 Å². The summed E-state index contributed by atoms with van der Waals surface area (Å²) < 4.78 is 26.8. The van der Waals surface area contributed by atoms with Gasteiger partial charge in [-0.3, -0.25) is 0 Å². The summed E-state index contributed by atoms with van der Waals surface area (Å²) in [6.07, 6.45) is 1.82. The van der Waals surface area contributed by atoms with Crippen LogP contribution in [0.25, 0.3) is 0 Å². The quantitative estimate of drug-likeness (QED) is 0.865. The van der Waals surface area contributed by atoms with Crippen molar-refractivity contribution in [2.75, 3.05) is 6.54 Å². The molecule has 0 bridgehead atoms. The van der Waals surface area contributed by atoms with E-state index < -0.39 is 10.0 Å². The molecule has 1 aliphatic carbocycles. The average molecular weight is 268 g/mol. The van der Waals surface area contributed by atoms with Crippen molar-refractivity contribution in [1.82, 2.24) is 4.72 Å². The summed E-state index contributed by atoms with van der Waals surface area (Å²) in [6.45, 7) is 4.37. The summed E-state index contributed by atoms with van der Waals surface area (Å²) in [7, 11) is -3.38. The normalized spacial score (nSPS) is 23.7. The van der Waals surface area contributed by atoms with E-state index in [4.69, 9.17) is 5.73 Å². The molecule has 0 aliphatic heterocycles. The first-order chi connectivity index (χ1) is 8.38. The maximum atomic E-state index is 12.1. The Morgan fingerprint density at radius 2 is 1.94 bits per heavy atom. The van der Waals surface area contributed by atoms with Crippen LogP contribution in [0.5, 0.6) is 0 Å². The molecule has 1 aromatic carbocycles. The zero-order valence-electron chi connectivity index (χ0n) is 10.8. The van der Waals surface area contributed by atoms with Crippen LogP contribution in [-0.4, -0.2) is 21.0 Å². The Hall–Kier alpha value is -0.910. The third kappa shape index (κ3) is 2.91. The fourth-order valence-electron chi connectivity index (χ4n) is 2.15. The molecule has 1 fully saturated rings. The van der Waals surface area contributed by atoms with Crippen LogP contribution in [0.2, 0.25) is 0 Å². The lowest BCUT2D eigenvalue weighted by Crippen LogP contribution is -2.42. The van der Waals surface area contributed by atoms with Crippen molar-refractivity contribution in [2.24, 2.45) is 11.7 Å².